The van der Waals surface area contributed by atoms with E-state index in [-0.39, 0.29) is 23.4 Å². The zero-order valence-electron chi connectivity index (χ0n) is 13.7. The van der Waals surface area contributed by atoms with E-state index in [1.54, 1.807) is 4.90 Å². The molecule has 3 rings (SSSR count). The van der Waals surface area contributed by atoms with Crippen molar-refractivity contribution in [2.75, 3.05) is 11.4 Å². The van der Waals surface area contributed by atoms with E-state index < -0.39 is 6.61 Å². The second kappa shape index (κ2) is 6.22. The van der Waals surface area contributed by atoms with E-state index >= 15 is 0 Å². The molecule has 0 fully saturated rings. The first-order chi connectivity index (χ1) is 11.4. The topological polar surface area (TPSA) is 47.4 Å². The highest BCUT2D eigenvalue weighted by Gasteiger charge is 2.35. The van der Waals surface area contributed by atoms with E-state index in [1.165, 1.54) is 13.1 Å². The van der Waals surface area contributed by atoms with Crippen molar-refractivity contribution in [3.05, 3.63) is 41.6 Å². The van der Waals surface area contributed by atoms with Gasteiger partial charge in [0.25, 0.3) is 5.91 Å². The standard InChI is InChI=1S/C17H19F2N3O2/c1-10(2)12-9-22(14-7-5-4-6-11(12)14)16(23)13-8-15(21(3)20-13)24-17(18)19/h4-8,10,12,17H,9H2,1-3H3. The van der Waals surface area contributed by atoms with Gasteiger partial charge in [0, 0.05) is 31.3 Å². The lowest BCUT2D eigenvalue weighted by Gasteiger charge is -2.18. The summed E-state index contributed by atoms with van der Waals surface area (Å²) >= 11 is 0. The number of ether oxygens (including phenoxy) is 1. The number of hydrogen-bond acceptors (Lipinski definition) is 3. The van der Waals surface area contributed by atoms with E-state index in [1.807, 2.05) is 24.3 Å². The lowest BCUT2D eigenvalue weighted by Crippen LogP contribution is -2.31. The number of benzene rings is 1. The molecule has 0 radical (unpaired) electrons. The van der Waals surface area contributed by atoms with Crippen molar-refractivity contribution in [1.29, 1.82) is 0 Å². The molecule has 24 heavy (non-hydrogen) atoms. The van der Waals surface area contributed by atoms with Crippen LogP contribution in [0.1, 0.15) is 35.8 Å². The predicted molar refractivity (Wildman–Crippen MR) is 85.5 cm³/mol. The van der Waals surface area contributed by atoms with Crippen LogP contribution in [0.15, 0.2) is 30.3 Å². The third-order valence-electron chi connectivity index (χ3n) is 4.32. The Morgan fingerprint density at radius 3 is 2.71 bits per heavy atom. The van der Waals surface area contributed by atoms with Crippen LogP contribution >= 0.6 is 0 Å². The van der Waals surface area contributed by atoms with Crippen molar-refractivity contribution < 1.29 is 18.3 Å². The zero-order chi connectivity index (χ0) is 17.4. The van der Waals surface area contributed by atoms with Gasteiger partial charge in [0.2, 0.25) is 5.88 Å². The summed E-state index contributed by atoms with van der Waals surface area (Å²) in [5, 5.41) is 4.02. The lowest BCUT2D eigenvalue weighted by atomic mass is 9.90. The maximum absolute atomic E-state index is 12.8. The normalized spacial score (nSPS) is 16.8. The fourth-order valence-electron chi connectivity index (χ4n) is 3.10. The molecule has 1 atom stereocenters. The first-order valence-corrected chi connectivity index (χ1v) is 7.78. The van der Waals surface area contributed by atoms with Gasteiger partial charge in [0.05, 0.1) is 0 Å². The van der Waals surface area contributed by atoms with Gasteiger partial charge in [-0.1, -0.05) is 32.0 Å². The Hall–Kier alpha value is -2.44. The molecule has 1 amide bonds. The predicted octanol–water partition coefficient (Wildman–Crippen LogP) is 3.42. The highest BCUT2D eigenvalue weighted by molar-refractivity contribution is 6.06. The third-order valence-corrected chi connectivity index (χ3v) is 4.32. The maximum Gasteiger partial charge on any atom is 0.388 e. The van der Waals surface area contributed by atoms with Gasteiger partial charge < -0.3 is 9.64 Å². The maximum atomic E-state index is 12.8. The molecular weight excluding hydrogens is 316 g/mol. The van der Waals surface area contributed by atoms with Crippen LogP contribution in [0.4, 0.5) is 14.5 Å². The van der Waals surface area contributed by atoms with Crippen LogP contribution < -0.4 is 9.64 Å². The monoisotopic (exact) mass is 335 g/mol. The number of amides is 1. The van der Waals surface area contributed by atoms with Gasteiger partial charge >= 0.3 is 6.61 Å². The first kappa shape index (κ1) is 16.4. The number of nitrogens with zero attached hydrogens (tertiary/aromatic N) is 3. The average Bonchev–Trinajstić information content (AvgIpc) is 3.08. The quantitative estimate of drug-likeness (QED) is 0.860. The van der Waals surface area contributed by atoms with Crippen molar-refractivity contribution in [3.8, 4) is 5.88 Å². The Bertz CT molecular complexity index is 758. The number of hydrogen-bond donors (Lipinski definition) is 0. The van der Waals surface area contributed by atoms with Gasteiger partial charge in [-0.2, -0.15) is 13.9 Å². The summed E-state index contributed by atoms with van der Waals surface area (Å²) in [5.41, 5.74) is 2.07. The molecule has 0 spiro atoms. The minimum Gasteiger partial charge on any atom is -0.417 e. The SMILES string of the molecule is CC(C)C1CN(C(=O)c2cc(OC(F)F)n(C)n2)c2ccccc21. The molecule has 0 saturated carbocycles. The molecule has 0 aliphatic carbocycles. The summed E-state index contributed by atoms with van der Waals surface area (Å²) in [6.45, 7) is 1.83. The molecule has 1 aliphatic heterocycles. The molecule has 1 aromatic carbocycles. The molecule has 2 heterocycles. The zero-order valence-corrected chi connectivity index (χ0v) is 13.7. The Kier molecular flexibility index (Phi) is 4.26. The van der Waals surface area contributed by atoms with Gasteiger partial charge in [-0.3, -0.25) is 4.79 Å². The van der Waals surface area contributed by atoms with Crippen LogP contribution in [0.25, 0.3) is 0 Å². The number of anilines is 1. The van der Waals surface area contributed by atoms with Crippen LogP contribution in [-0.2, 0) is 7.05 Å². The number of aryl methyl sites for hydroxylation is 1. The summed E-state index contributed by atoms with van der Waals surface area (Å²) < 4.78 is 30.3. The van der Waals surface area contributed by atoms with E-state index in [4.69, 9.17) is 0 Å². The summed E-state index contributed by atoms with van der Waals surface area (Å²) in [6.07, 6.45) is 0. The number of carbonyl (C=O) groups is 1. The van der Waals surface area contributed by atoms with Crippen molar-refractivity contribution >= 4 is 11.6 Å². The van der Waals surface area contributed by atoms with E-state index in [9.17, 15) is 13.6 Å². The second-order valence-corrected chi connectivity index (χ2v) is 6.20. The van der Waals surface area contributed by atoms with Crippen LogP contribution in [-0.4, -0.2) is 28.8 Å². The molecule has 1 aromatic heterocycles. The van der Waals surface area contributed by atoms with Crippen molar-refractivity contribution in [3.63, 3.8) is 0 Å². The molecule has 2 aromatic rings. The molecule has 1 unspecified atom stereocenters. The highest BCUT2D eigenvalue weighted by atomic mass is 19.3. The van der Waals surface area contributed by atoms with Crippen LogP contribution in [0.2, 0.25) is 0 Å². The Labute approximate surface area is 138 Å². The summed E-state index contributed by atoms with van der Waals surface area (Å²) in [6, 6.07) is 9.01. The van der Waals surface area contributed by atoms with E-state index in [2.05, 4.69) is 23.7 Å². The molecular formula is C17H19F2N3O2. The van der Waals surface area contributed by atoms with Gasteiger partial charge in [-0.15, -0.1) is 0 Å². The van der Waals surface area contributed by atoms with Crippen molar-refractivity contribution in [2.24, 2.45) is 13.0 Å². The van der Waals surface area contributed by atoms with E-state index in [0.717, 1.165) is 15.9 Å². The number of rotatable bonds is 4. The molecule has 5 nitrogen and oxygen atoms in total. The number of halogens is 2. The van der Waals surface area contributed by atoms with Gasteiger partial charge in [0.1, 0.15) is 0 Å². The fourth-order valence-corrected chi connectivity index (χ4v) is 3.10. The van der Waals surface area contributed by atoms with Crippen molar-refractivity contribution in [1.82, 2.24) is 9.78 Å². The second-order valence-electron chi connectivity index (χ2n) is 6.20. The molecule has 0 bridgehead atoms. The van der Waals surface area contributed by atoms with Gasteiger partial charge in [0.15, 0.2) is 5.69 Å². The van der Waals surface area contributed by atoms with Gasteiger partial charge in [-0.05, 0) is 17.5 Å². The minimum absolute atomic E-state index is 0.0901. The largest absolute Gasteiger partial charge is 0.417 e. The summed E-state index contributed by atoms with van der Waals surface area (Å²) in [7, 11) is 1.46. The lowest BCUT2D eigenvalue weighted by molar-refractivity contribution is -0.0553. The first-order valence-electron chi connectivity index (χ1n) is 7.78. The Balaban J connectivity index is 1.91. The molecule has 7 heteroatoms. The van der Waals surface area contributed by atoms with Crippen molar-refractivity contribution in [2.45, 2.75) is 26.4 Å². The minimum atomic E-state index is -2.96. The van der Waals surface area contributed by atoms with Gasteiger partial charge in [-0.25, -0.2) is 4.68 Å². The number of alkyl halides is 2. The third kappa shape index (κ3) is 2.86. The number of aromatic nitrogens is 2. The fraction of sp³-hybridized carbons (Fsp3) is 0.412. The molecule has 0 saturated heterocycles. The van der Waals surface area contributed by atoms with Crippen LogP contribution in [0.3, 0.4) is 0 Å². The van der Waals surface area contributed by atoms with E-state index in [0.29, 0.717) is 12.5 Å². The summed E-state index contributed by atoms with van der Waals surface area (Å²) in [4.78, 5) is 14.5. The summed E-state index contributed by atoms with van der Waals surface area (Å²) in [5.74, 6) is 0.169. The van der Waals surface area contributed by atoms with Crippen LogP contribution in [0.5, 0.6) is 5.88 Å². The number of carbonyl (C=O) groups excluding carboxylic acids is 1. The number of fused-ring (bicyclic) bond motifs is 1. The van der Waals surface area contributed by atoms with Crippen LogP contribution in [0, 0.1) is 5.92 Å². The number of para-hydroxylation sites is 1. The average molecular weight is 335 g/mol. The Morgan fingerprint density at radius 1 is 1.33 bits per heavy atom. The highest BCUT2D eigenvalue weighted by Crippen LogP contribution is 2.40. The Morgan fingerprint density at radius 2 is 2.04 bits per heavy atom. The molecule has 128 valence electrons. The molecule has 0 N–H and O–H groups in total. The molecule has 1 aliphatic rings. The smallest absolute Gasteiger partial charge is 0.388 e.